The molecule has 1 aliphatic heterocycles. The average Bonchev–Trinajstić information content (AvgIpc) is 3.12. The van der Waals surface area contributed by atoms with Crippen LogP contribution in [0.3, 0.4) is 0 Å². The Balaban J connectivity index is 1.29. The first-order valence-corrected chi connectivity index (χ1v) is 9.78. The van der Waals surface area contributed by atoms with Crippen LogP contribution in [0.2, 0.25) is 0 Å². The minimum atomic E-state index is -0.487. The van der Waals surface area contributed by atoms with E-state index in [0.717, 1.165) is 36.9 Å². The average molecular weight is 362 g/mol. The Morgan fingerprint density at radius 2 is 1.89 bits per heavy atom. The number of aryl methyl sites for hydroxylation is 1. The van der Waals surface area contributed by atoms with Crippen LogP contribution in [-0.4, -0.2) is 40.1 Å². The number of rotatable bonds is 5. The molecule has 1 aliphatic rings. The predicted molar refractivity (Wildman–Crippen MR) is 108 cm³/mol. The van der Waals surface area contributed by atoms with Gasteiger partial charge in [-0.15, -0.1) is 0 Å². The summed E-state index contributed by atoms with van der Waals surface area (Å²) in [6, 6.07) is 18.4. The number of aromatic nitrogens is 1. The number of benzene rings is 2. The first-order valence-electron chi connectivity index (χ1n) is 9.78. The molecular formula is C23H26N2O2. The molecule has 4 rings (SSSR count). The lowest BCUT2D eigenvalue weighted by atomic mass is 9.87. The number of carbonyl (C=O) groups is 1. The van der Waals surface area contributed by atoms with Crippen LogP contribution in [-0.2, 0) is 11.2 Å². The van der Waals surface area contributed by atoms with Crippen LogP contribution in [0.5, 0.6) is 0 Å². The second kappa shape index (κ2) is 7.97. The highest BCUT2D eigenvalue weighted by Crippen LogP contribution is 2.28. The van der Waals surface area contributed by atoms with Gasteiger partial charge in [-0.1, -0.05) is 48.5 Å². The molecule has 2 N–H and O–H groups in total. The van der Waals surface area contributed by atoms with Crippen molar-refractivity contribution in [2.24, 2.45) is 0 Å². The molecule has 2 aromatic carbocycles. The van der Waals surface area contributed by atoms with Crippen LogP contribution >= 0.6 is 0 Å². The topological polar surface area (TPSA) is 56.3 Å². The largest absolute Gasteiger partial charge is 0.391 e. The van der Waals surface area contributed by atoms with E-state index in [1.165, 1.54) is 10.9 Å². The molecule has 0 spiro atoms. The molecule has 4 heteroatoms. The van der Waals surface area contributed by atoms with Crippen LogP contribution < -0.4 is 0 Å². The van der Waals surface area contributed by atoms with E-state index in [0.29, 0.717) is 13.0 Å². The van der Waals surface area contributed by atoms with E-state index in [4.69, 9.17) is 0 Å². The van der Waals surface area contributed by atoms with Crippen LogP contribution in [0.1, 0.15) is 36.3 Å². The van der Waals surface area contributed by atoms with Gasteiger partial charge >= 0.3 is 0 Å². The molecule has 0 aliphatic carbocycles. The number of carbonyl (C=O) groups excluding carboxylic acids is 1. The molecular weight excluding hydrogens is 336 g/mol. The standard InChI is InChI=1S/C23H26N2O2/c26-22-16-25(14-13-20(22)17-7-2-1-3-8-17)23(27)12-6-9-18-15-24-21-11-5-4-10-19(18)21/h1-5,7-8,10-11,15,20,22,24,26H,6,9,12-14,16H2/t20-,22-/m1/s1. The van der Waals surface area contributed by atoms with Crippen molar-refractivity contribution in [1.29, 1.82) is 0 Å². The highest BCUT2D eigenvalue weighted by Gasteiger charge is 2.30. The van der Waals surface area contributed by atoms with Gasteiger partial charge in [0.1, 0.15) is 0 Å². The SMILES string of the molecule is O=C(CCCc1c[nH]c2ccccc12)N1CC[C@H](c2ccccc2)[C@H](O)C1. The van der Waals surface area contributed by atoms with Gasteiger partial charge in [-0.05, 0) is 36.5 Å². The second-order valence-corrected chi connectivity index (χ2v) is 7.43. The molecule has 0 unspecified atom stereocenters. The minimum absolute atomic E-state index is 0.126. The summed E-state index contributed by atoms with van der Waals surface area (Å²) in [6.45, 7) is 1.16. The fourth-order valence-corrected chi connectivity index (χ4v) is 4.17. The molecule has 0 saturated carbocycles. The van der Waals surface area contributed by atoms with Gasteiger partial charge in [0.25, 0.3) is 0 Å². The number of aliphatic hydroxyl groups excluding tert-OH is 1. The number of likely N-dealkylation sites (tertiary alicyclic amines) is 1. The Labute approximate surface area is 159 Å². The first kappa shape index (κ1) is 17.8. The zero-order valence-corrected chi connectivity index (χ0v) is 15.5. The number of para-hydroxylation sites is 1. The minimum Gasteiger partial charge on any atom is -0.391 e. The van der Waals surface area contributed by atoms with E-state index in [2.05, 4.69) is 29.2 Å². The maximum Gasteiger partial charge on any atom is 0.222 e. The van der Waals surface area contributed by atoms with Crippen molar-refractivity contribution >= 4 is 16.8 Å². The van der Waals surface area contributed by atoms with E-state index in [1.807, 2.05) is 41.4 Å². The summed E-state index contributed by atoms with van der Waals surface area (Å²) in [4.78, 5) is 17.7. The van der Waals surface area contributed by atoms with Crippen molar-refractivity contribution in [2.45, 2.75) is 37.7 Å². The number of amides is 1. The summed E-state index contributed by atoms with van der Waals surface area (Å²) in [5, 5.41) is 11.8. The summed E-state index contributed by atoms with van der Waals surface area (Å²) < 4.78 is 0. The van der Waals surface area contributed by atoms with Crippen LogP contribution in [0.15, 0.2) is 60.8 Å². The molecule has 27 heavy (non-hydrogen) atoms. The maximum absolute atomic E-state index is 12.6. The molecule has 1 aromatic heterocycles. The predicted octanol–water partition coefficient (Wildman–Crippen LogP) is 3.87. The third-order valence-electron chi connectivity index (χ3n) is 5.67. The summed E-state index contributed by atoms with van der Waals surface area (Å²) in [5.74, 6) is 0.280. The molecule has 3 aromatic rings. The van der Waals surface area contributed by atoms with E-state index in [1.54, 1.807) is 0 Å². The zero-order chi connectivity index (χ0) is 18.6. The van der Waals surface area contributed by atoms with Crippen LogP contribution in [0, 0.1) is 0 Å². The quantitative estimate of drug-likeness (QED) is 0.724. The van der Waals surface area contributed by atoms with Crippen LogP contribution in [0.4, 0.5) is 0 Å². The summed E-state index contributed by atoms with van der Waals surface area (Å²) in [5.41, 5.74) is 3.57. The van der Waals surface area contributed by atoms with Crippen molar-refractivity contribution in [1.82, 2.24) is 9.88 Å². The Kier molecular flexibility index (Phi) is 5.26. The van der Waals surface area contributed by atoms with Gasteiger partial charge in [-0.2, -0.15) is 0 Å². The number of β-amino-alcohol motifs (C(OH)–C–C–N with tert-alkyl or cyclic N) is 1. The van der Waals surface area contributed by atoms with Crippen LogP contribution in [0.25, 0.3) is 10.9 Å². The molecule has 2 atom stereocenters. The van der Waals surface area contributed by atoms with Gasteiger partial charge < -0.3 is 15.0 Å². The van der Waals surface area contributed by atoms with Crippen molar-refractivity contribution < 1.29 is 9.90 Å². The molecule has 140 valence electrons. The van der Waals surface area contributed by atoms with Crippen molar-refractivity contribution in [3.8, 4) is 0 Å². The Hall–Kier alpha value is -2.59. The number of fused-ring (bicyclic) bond motifs is 1. The number of aromatic amines is 1. The number of nitrogens with zero attached hydrogens (tertiary/aromatic N) is 1. The van der Waals surface area contributed by atoms with Gasteiger partial charge in [0.2, 0.25) is 5.91 Å². The molecule has 0 radical (unpaired) electrons. The summed E-state index contributed by atoms with van der Waals surface area (Å²) >= 11 is 0. The van der Waals surface area contributed by atoms with Gasteiger partial charge in [0.05, 0.1) is 6.10 Å². The fraction of sp³-hybridized carbons (Fsp3) is 0.348. The molecule has 2 heterocycles. The van der Waals surface area contributed by atoms with E-state index in [9.17, 15) is 9.90 Å². The highest BCUT2D eigenvalue weighted by atomic mass is 16.3. The molecule has 4 nitrogen and oxygen atoms in total. The van der Waals surface area contributed by atoms with E-state index >= 15 is 0 Å². The smallest absolute Gasteiger partial charge is 0.222 e. The Bertz CT molecular complexity index is 903. The number of hydrogen-bond donors (Lipinski definition) is 2. The maximum atomic E-state index is 12.6. The number of aliphatic hydroxyl groups is 1. The van der Waals surface area contributed by atoms with Gasteiger partial charge in [0, 0.05) is 42.5 Å². The third kappa shape index (κ3) is 3.91. The van der Waals surface area contributed by atoms with Crippen molar-refractivity contribution in [3.05, 3.63) is 71.9 Å². The van der Waals surface area contributed by atoms with E-state index in [-0.39, 0.29) is 11.8 Å². The second-order valence-electron chi connectivity index (χ2n) is 7.43. The molecule has 0 bridgehead atoms. The highest BCUT2D eigenvalue weighted by molar-refractivity contribution is 5.83. The Morgan fingerprint density at radius 1 is 1.11 bits per heavy atom. The third-order valence-corrected chi connectivity index (χ3v) is 5.67. The van der Waals surface area contributed by atoms with Gasteiger partial charge in [-0.25, -0.2) is 0 Å². The number of hydrogen-bond acceptors (Lipinski definition) is 2. The monoisotopic (exact) mass is 362 g/mol. The molecule has 1 saturated heterocycles. The van der Waals surface area contributed by atoms with E-state index < -0.39 is 6.10 Å². The molecule has 1 fully saturated rings. The number of piperidine rings is 1. The summed E-state index contributed by atoms with van der Waals surface area (Å²) in [6.07, 6.45) is 4.62. The molecule has 1 amide bonds. The Morgan fingerprint density at radius 3 is 2.70 bits per heavy atom. The van der Waals surface area contributed by atoms with Crippen molar-refractivity contribution in [3.63, 3.8) is 0 Å². The van der Waals surface area contributed by atoms with Gasteiger partial charge in [0.15, 0.2) is 0 Å². The normalized spacial score (nSPS) is 20.1. The first-order chi connectivity index (χ1) is 13.2. The zero-order valence-electron chi connectivity index (χ0n) is 15.5. The van der Waals surface area contributed by atoms with Crippen molar-refractivity contribution in [2.75, 3.05) is 13.1 Å². The lowest BCUT2D eigenvalue weighted by molar-refractivity contribution is -0.134. The lowest BCUT2D eigenvalue weighted by Gasteiger charge is -2.36. The number of nitrogens with one attached hydrogen (secondary N) is 1. The lowest BCUT2D eigenvalue weighted by Crippen LogP contribution is -2.45. The summed E-state index contributed by atoms with van der Waals surface area (Å²) in [7, 11) is 0. The number of H-pyrrole nitrogens is 1. The fourth-order valence-electron chi connectivity index (χ4n) is 4.17. The van der Waals surface area contributed by atoms with Gasteiger partial charge in [-0.3, -0.25) is 4.79 Å².